The molecule has 2 aromatic carbocycles. The second kappa shape index (κ2) is 10.6. The van der Waals surface area contributed by atoms with Crippen LogP contribution in [0.2, 0.25) is 0 Å². The SMILES string of the molecule is CCOc1ccc(S(=O)(=O)NCCCS(=O)(=O)Cc2ccccc2)cc1OCC. The van der Waals surface area contributed by atoms with E-state index < -0.39 is 19.9 Å². The highest BCUT2D eigenvalue weighted by molar-refractivity contribution is 7.90. The summed E-state index contributed by atoms with van der Waals surface area (Å²) < 4.78 is 62.8. The molecule has 7 nitrogen and oxygen atoms in total. The van der Waals surface area contributed by atoms with Gasteiger partial charge in [0.1, 0.15) is 0 Å². The van der Waals surface area contributed by atoms with Crippen molar-refractivity contribution >= 4 is 19.9 Å². The van der Waals surface area contributed by atoms with Crippen LogP contribution in [0.4, 0.5) is 0 Å². The summed E-state index contributed by atoms with van der Waals surface area (Å²) in [4.78, 5) is 0.0385. The van der Waals surface area contributed by atoms with E-state index in [2.05, 4.69) is 4.72 Å². The Morgan fingerprint density at radius 2 is 1.52 bits per heavy atom. The summed E-state index contributed by atoms with van der Waals surface area (Å²) in [5.74, 6) is 0.665. The summed E-state index contributed by atoms with van der Waals surface area (Å²) >= 11 is 0. The van der Waals surface area contributed by atoms with Crippen LogP contribution < -0.4 is 14.2 Å². The lowest BCUT2D eigenvalue weighted by Gasteiger charge is -2.13. The van der Waals surface area contributed by atoms with Crippen molar-refractivity contribution in [1.82, 2.24) is 4.72 Å². The van der Waals surface area contributed by atoms with Crippen molar-refractivity contribution in [2.45, 2.75) is 30.9 Å². The van der Waals surface area contributed by atoms with E-state index in [0.717, 1.165) is 0 Å². The fourth-order valence-corrected chi connectivity index (χ4v) is 5.20. The number of hydrogen-bond donors (Lipinski definition) is 1. The van der Waals surface area contributed by atoms with E-state index >= 15 is 0 Å². The molecular weight excluding hydrogens is 414 g/mol. The average molecular weight is 442 g/mol. The van der Waals surface area contributed by atoms with Crippen molar-refractivity contribution in [1.29, 1.82) is 0 Å². The second-order valence-corrected chi connectivity index (χ2v) is 10.3. The zero-order valence-corrected chi connectivity index (χ0v) is 18.3. The maximum absolute atomic E-state index is 12.5. The smallest absolute Gasteiger partial charge is 0.240 e. The number of sulfone groups is 1. The Morgan fingerprint density at radius 3 is 2.17 bits per heavy atom. The van der Waals surface area contributed by atoms with E-state index in [4.69, 9.17) is 9.47 Å². The topological polar surface area (TPSA) is 98.8 Å². The van der Waals surface area contributed by atoms with E-state index in [1.54, 1.807) is 37.3 Å². The molecule has 0 unspecified atom stereocenters. The van der Waals surface area contributed by atoms with Crippen LogP contribution in [0.15, 0.2) is 53.4 Å². The van der Waals surface area contributed by atoms with E-state index in [1.165, 1.54) is 12.1 Å². The number of benzene rings is 2. The maximum atomic E-state index is 12.5. The van der Waals surface area contributed by atoms with Gasteiger partial charge in [0, 0.05) is 12.6 Å². The first-order valence-electron chi connectivity index (χ1n) is 9.41. The van der Waals surface area contributed by atoms with Gasteiger partial charge in [-0.05, 0) is 38.0 Å². The van der Waals surface area contributed by atoms with Gasteiger partial charge in [0.2, 0.25) is 10.0 Å². The molecular formula is C20H27NO6S2. The van der Waals surface area contributed by atoms with E-state index in [1.807, 2.05) is 13.0 Å². The van der Waals surface area contributed by atoms with Gasteiger partial charge in [-0.1, -0.05) is 30.3 Å². The van der Waals surface area contributed by atoms with Crippen LogP contribution in [0.25, 0.3) is 0 Å². The van der Waals surface area contributed by atoms with Gasteiger partial charge in [0.25, 0.3) is 0 Å². The molecule has 0 saturated carbocycles. The minimum absolute atomic E-state index is 0.0214. The van der Waals surface area contributed by atoms with Gasteiger partial charge in [-0.15, -0.1) is 0 Å². The molecule has 0 radical (unpaired) electrons. The Balaban J connectivity index is 1.95. The molecule has 0 aromatic heterocycles. The monoisotopic (exact) mass is 441 g/mol. The number of ether oxygens (including phenoxy) is 2. The van der Waals surface area contributed by atoms with Crippen LogP contribution >= 0.6 is 0 Å². The first-order chi connectivity index (χ1) is 13.8. The molecule has 0 amide bonds. The Morgan fingerprint density at radius 1 is 0.862 bits per heavy atom. The average Bonchev–Trinajstić information content (AvgIpc) is 2.67. The lowest BCUT2D eigenvalue weighted by Crippen LogP contribution is -2.26. The van der Waals surface area contributed by atoms with Gasteiger partial charge in [-0.3, -0.25) is 0 Å². The number of nitrogens with one attached hydrogen (secondary N) is 1. The summed E-state index contributed by atoms with van der Waals surface area (Å²) in [6.45, 7) is 4.45. The molecule has 0 bridgehead atoms. The number of rotatable bonds is 12. The summed E-state index contributed by atoms with van der Waals surface area (Å²) in [7, 11) is -7.10. The molecule has 0 heterocycles. The lowest BCUT2D eigenvalue weighted by atomic mass is 10.2. The summed E-state index contributed by atoms with van der Waals surface area (Å²) in [6, 6.07) is 13.3. The van der Waals surface area contributed by atoms with E-state index in [9.17, 15) is 16.8 Å². The Bertz CT molecular complexity index is 989. The predicted octanol–water partition coefficient (Wildman–Crippen LogP) is 2.77. The largest absolute Gasteiger partial charge is 0.490 e. The van der Waals surface area contributed by atoms with Crippen LogP contribution in [0.5, 0.6) is 11.5 Å². The number of hydrogen-bond acceptors (Lipinski definition) is 6. The van der Waals surface area contributed by atoms with Gasteiger partial charge in [0.05, 0.1) is 29.6 Å². The third kappa shape index (κ3) is 7.34. The molecule has 160 valence electrons. The van der Waals surface area contributed by atoms with Crippen molar-refractivity contribution in [2.24, 2.45) is 0 Å². The molecule has 0 aliphatic carbocycles. The minimum atomic E-state index is -3.79. The Hall–Kier alpha value is -2.10. The highest BCUT2D eigenvalue weighted by atomic mass is 32.2. The molecule has 0 fully saturated rings. The van der Waals surface area contributed by atoms with Crippen molar-refractivity contribution in [3.63, 3.8) is 0 Å². The molecule has 2 rings (SSSR count). The molecule has 29 heavy (non-hydrogen) atoms. The highest BCUT2D eigenvalue weighted by Crippen LogP contribution is 2.30. The quantitative estimate of drug-likeness (QED) is 0.509. The molecule has 0 spiro atoms. The van der Waals surface area contributed by atoms with Crippen molar-refractivity contribution in [3.05, 3.63) is 54.1 Å². The zero-order valence-electron chi connectivity index (χ0n) is 16.6. The number of sulfonamides is 1. The van der Waals surface area contributed by atoms with Crippen LogP contribution in [-0.2, 0) is 25.6 Å². The minimum Gasteiger partial charge on any atom is -0.490 e. The molecule has 0 aliphatic rings. The molecule has 2 aromatic rings. The molecule has 9 heteroatoms. The third-order valence-electron chi connectivity index (χ3n) is 3.98. The maximum Gasteiger partial charge on any atom is 0.240 e. The van der Waals surface area contributed by atoms with Gasteiger partial charge < -0.3 is 9.47 Å². The van der Waals surface area contributed by atoms with Crippen molar-refractivity contribution < 1.29 is 26.3 Å². The van der Waals surface area contributed by atoms with Crippen LogP contribution in [0, 0.1) is 0 Å². The molecule has 0 aliphatic heterocycles. The lowest BCUT2D eigenvalue weighted by molar-refractivity contribution is 0.287. The van der Waals surface area contributed by atoms with Crippen molar-refractivity contribution in [3.8, 4) is 11.5 Å². The summed E-state index contributed by atoms with van der Waals surface area (Å²) in [5, 5.41) is 0. The van der Waals surface area contributed by atoms with Gasteiger partial charge >= 0.3 is 0 Å². The van der Waals surface area contributed by atoms with Gasteiger partial charge in [-0.25, -0.2) is 21.6 Å². The Kier molecular flexibility index (Phi) is 8.48. The van der Waals surface area contributed by atoms with Crippen molar-refractivity contribution in [2.75, 3.05) is 25.5 Å². The Labute approximate surface area is 173 Å². The normalized spacial score (nSPS) is 11.9. The van der Waals surface area contributed by atoms with Crippen LogP contribution in [0.1, 0.15) is 25.8 Å². The van der Waals surface area contributed by atoms with Crippen LogP contribution in [-0.4, -0.2) is 42.3 Å². The van der Waals surface area contributed by atoms with E-state index in [-0.39, 0.29) is 29.4 Å². The van der Waals surface area contributed by atoms with Gasteiger partial charge in [-0.2, -0.15) is 0 Å². The molecule has 0 saturated heterocycles. The van der Waals surface area contributed by atoms with E-state index in [0.29, 0.717) is 30.3 Å². The fraction of sp³-hybridized carbons (Fsp3) is 0.400. The van der Waals surface area contributed by atoms with Gasteiger partial charge in [0.15, 0.2) is 21.3 Å². The first kappa shape index (κ1) is 23.2. The standard InChI is InChI=1S/C20H27NO6S2/c1-3-26-19-12-11-18(15-20(19)27-4-2)29(24,25)21-13-8-14-28(22,23)16-17-9-6-5-7-10-17/h5-7,9-12,15,21H,3-4,8,13-14,16H2,1-2H3. The summed E-state index contributed by atoms with van der Waals surface area (Å²) in [6.07, 6.45) is 0.184. The highest BCUT2D eigenvalue weighted by Gasteiger charge is 2.18. The molecule has 1 N–H and O–H groups in total. The molecule has 0 atom stereocenters. The second-order valence-electron chi connectivity index (χ2n) is 6.30. The predicted molar refractivity (Wildman–Crippen MR) is 113 cm³/mol. The first-order valence-corrected chi connectivity index (χ1v) is 12.7. The fourth-order valence-electron chi connectivity index (χ4n) is 2.68. The third-order valence-corrected chi connectivity index (χ3v) is 7.12. The zero-order chi connectivity index (χ0) is 21.3. The van der Waals surface area contributed by atoms with Crippen LogP contribution in [0.3, 0.4) is 0 Å². The summed E-state index contributed by atoms with van der Waals surface area (Å²) in [5.41, 5.74) is 0.714.